The first kappa shape index (κ1) is 18.7. The first-order valence-corrected chi connectivity index (χ1v) is 6.82. The molecule has 0 spiro atoms. The number of piperazine rings is 1. The molecule has 1 aliphatic heterocycles. The van der Waals surface area contributed by atoms with Gasteiger partial charge in [-0.25, -0.2) is 0 Å². The van der Waals surface area contributed by atoms with Crippen molar-refractivity contribution in [3.05, 3.63) is 35.4 Å². The molecule has 2 rings (SSSR count). The summed E-state index contributed by atoms with van der Waals surface area (Å²) in [6.45, 7) is 9.06. The largest absolute Gasteiger partial charge is 0.314 e. The number of aryl methyl sites for hydroxylation is 1. The quantitative estimate of drug-likeness (QED) is 0.914. The van der Waals surface area contributed by atoms with Gasteiger partial charge in [0.1, 0.15) is 0 Å². The molecule has 1 aromatic rings. The minimum Gasteiger partial charge on any atom is -0.314 e. The fourth-order valence-corrected chi connectivity index (χ4v) is 2.62. The lowest BCUT2D eigenvalue weighted by Gasteiger charge is -2.35. The zero-order chi connectivity index (χ0) is 12.1. The average Bonchev–Trinajstić information content (AvgIpc) is 2.38. The second-order valence-electron chi connectivity index (χ2n) is 5.00. The Hall–Kier alpha value is -0.280. The summed E-state index contributed by atoms with van der Waals surface area (Å²) in [5, 5.41) is 3.43. The lowest BCUT2D eigenvalue weighted by atomic mass is 9.99. The SMILES string of the molecule is CCC[C@H](c1ccc(C)cc1)N1CCNCC1.Cl.Cl. The molecule has 0 aliphatic carbocycles. The van der Waals surface area contributed by atoms with E-state index in [2.05, 4.69) is 48.3 Å². The molecule has 1 aromatic carbocycles. The Balaban J connectivity index is 0.00000162. The summed E-state index contributed by atoms with van der Waals surface area (Å²) in [7, 11) is 0. The maximum Gasteiger partial charge on any atom is 0.0349 e. The van der Waals surface area contributed by atoms with Crippen molar-refractivity contribution in [2.75, 3.05) is 26.2 Å². The van der Waals surface area contributed by atoms with E-state index in [0.29, 0.717) is 6.04 Å². The third-order valence-electron chi connectivity index (χ3n) is 3.62. The molecule has 0 bridgehead atoms. The van der Waals surface area contributed by atoms with Crippen LogP contribution in [-0.4, -0.2) is 31.1 Å². The summed E-state index contributed by atoms with van der Waals surface area (Å²) >= 11 is 0. The van der Waals surface area contributed by atoms with E-state index in [4.69, 9.17) is 0 Å². The zero-order valence-electron chi connectivity index (χ0n) is 11.9. The molecule has 0 unspecified atom stereocenters. The van der Waals surface area contributed by atoms with E-state index in [1.165, 1.54) is 37.1 Å². The van der Waals surface area contributed by atoms with Crippen molar-refractivity contribution >= 4 is 24.8 Å². The molecule has 0 amide bonds. The number of hydrogen-bond acceptors (Lipinski definition) is 2. The van der Waals surface area contributed by atoms with Gasteiger partial charge < -0.3 is 5.32 Å². The van der Waals surface area contributed by atoms with Crippen molar-refractivity contribution in [2.24, 2.45) is 0 Å². The third-order valence-corrected chi connectivity index (χ3v) is 3.62. The predicted octanol–water partition coefficient (Wildman–Crippen LogP) is 3.59. The van der Waals surface area contributed by atoms with Crippen LogP contribution in [-0.2, 0) is 0 Å². The minimum absolute atomic E-state index is 0. The molecular weight excluding hydrogens is 279 g/mol. The van der Waals surface area contributed by atoms with Gasteiger partial charge in [-0.3, -0.25) is 4.90 Å². The lowest BCUT2D eigenvalue weighted by Crippen LogP contribution is -2.45. The van der Waals surface area contributed by atoms with Crippen LogP contribution >= 0.6 is 24.8 Å². The number of nitrogens with zero attached hydrogens (tertiary/aromatic N) is 1. The maximum absolute atomic E-state index is 3.43. The van der Waals surface area contributed by atoms with Crippen LogP contribution in [0, 0.1) is 6.92 Å². The molecule has 19 heavy (non-hydrogen) atoms. The monoisotopic (exact) mass is 304 g/mol. The minimum atomic E-state index is 0. The Bertz CT molecular complexity index is 335. The van der Waals surface area contributed by atoms with Crippen LogP contribution in [0.2, 0.25) is 0 Å². The summed E-state index contributed by atoms with van der Waals surface area (Å²) in [5.41, 5.74) is 2.84. The van der Waals surface area contributed by atoms with Crippen molar-refractivity contribution in [1.82, 2.24) is 10.2 Å². The standard InChI is InChI=1S/C15H24N2.2ClH/c1-3-4-15(17-11-9-16-10-12-17)14-7-5-13(2)6-8-14;;/h5-8,15-16H,3-4,9-12H2,1-2H3;2*1H/t15-;;/m1../s1. The van der Waals surface area contributed by atoms with Gasteiger partial charge in [-0.05, 0) is 18.9 Å². The lowest BCUT2D eigenvalue weighted by molar-refractivity contribution is 0.164. The van der Waals surface area contributed by atoms with Gasteiger partial charge in [-0.15, -0.1) is 24.8 Å². The topological polar surface area (TPSA) is 15.3 Å². The highest BCUT2D eigenvalue weighted by Gasteiger charge is 2.20. The summed E-state index contributed by atoms with van der Waals surface area (Å²) in [6, 6.07) is 9.69. The van der Waals surface area contributed by atoms with Crippen LogP contribution in [0.25, 0.3) is 0 Å². The van der Waals surface area contributed by atoms with Crippen LogP contribution in [0.3, 0.4) is 0 Å². The molecule has 1 fully saturated rings. The molecule has 0 aromatic heterocycles. The highest BCUT2D eigenvalue weighted by atomic mass is 35.5. The Kier molecular flexibility index (Phi) is 9.46. The molecule has 1 atom stereocenters. The summed E-state index contributed by atoms with van der Waals surface area (Å²) in [4.78, 5) is 2.63. The van der Waals surface area contributed by atoms with E-state index < -0.39 is 0 Å². The molecular formula is C15H26Cl2N2. The Morgan fingerprint density at radius 2 is 1.68 bits per heavy atom. The van der Waals surface area contributed by atoms with Gasteiger partial charge in [0, 0.05) is 32.2 Å². The molecule has 0 radical (unpaired) electrons. The molecule has 1 aliphatic rings. The molecule has 1 N–H and O–H groups in total. The summed E-state index contributed by atoms with van der Waals surface area (Å²) < 4.78 is 0. The van der Waals surface area contributed by atoms with Crippen molar-refractivity contribution in [3.8, 4) is 0 Å². The van der Waals surface area contributed by atoms with Gasteiger partial charge in [0.15, 0.2) is 0 Å². The van der Waals surface area contributed by atoms with Crippen LogP contribution in [0.1, 0.15) is 36.9 Å². The van der Waals surface area contributed by atoms with Gasteiger partial charge in [0.2, 0.25) is 0 Å². The zero-order valence-corrected chi connectivity index (χ0v) is 13.5. The highest BCUT2D eigenvalue weighted by molar-refractivity contribution is 5.85. The average molecular weight is 305 g/mol. The third kappa shape index (κ3) is 5.31. The molecule has 1 heterocycles. The molecule has 2 nitrogen and oxygen atoms in total. The van der Waals surface area contributed by atoms with E-state index >= 15 is 0 Å². The van der Waals surface area contributed by atoms with E-state index in [1.807, 2.05) is 0 Å². The van der Waals surface area contributed by atoms with Gasteiger partial charge in [0.05, 0.1) is 0 Å². The highest BCUT2D eigenvalue weighted by Crippen LogP contribution is 2.26. The normalized spacial score (nSPS) is 17.2. The van der Waals surface area contributed by atoms with E-state index in [0.717, 1.165) is 13.1 Å². The van der Waals surface area contributed by atoms with Crippen molar-refractivity contribution in [2.45, 2.75) is 32.7 Å². The van der Waals surface area contributed by atoms with Gasteiger partial charge in [-0.2, -0.15) is 0 Å². The first-order valence-electron chi connectivity index (χ1n) is 6.82. The fourth-order valence-electron chi connectivity index (χ4n) is 2.62. The Morgan fingerprint density at radius 1 is 1.11 bits per heavy atom. The van der Waals surface area contributed by atoms with Gasteiger partial charge in [0.25, 0.3) is 0 Å². The van der Waals surface area contributed by atoms with Crippen molar-refractivity contribution in [1.29, 1.82) is 0 Å². The number of hydrogen-bond donors (Lipinski definition) is 1. The second kappa shape index (κ2) is 9.60. The number of halogens is 2. The van der Waals surface area contributed by atoms with Gasteiger partial charge >= 0.3 is 0 Å². The summed E-state index contributed by atoms with van der Waals surface area (Å²) in [5.74, 6) is 0. The maximum atomic E-state index is 3.43. The number of rotatable bonds is 4. The number of nitrogens with one attached hydrogen (secondary N) is 1. The molecule has 1 saturated heterocycles. The molecule has 0 saturated carbocycles. The van der Waals surface area contributed by atoms with E-state index in [-0.39, 0.29) is 24.8 Å². The van der Waals surface area contributed by atoms with Crippen LogP contribution < -0.4 is 5.32 Å². The predicted molar refractivity (Wildman–Crippen MR) is 87.8 cm³/mol. The first-order chi connectivity index (χ1) is 8.31. The molecule has 110 valence electrons. The van der Waals surface area contributed by atoms with Crippen LogP contribution in [0.15, 0.2) is 24.3 Å². The van der Waals surface area contributed by atoms with Crippen LogP contribution in [0.4, 0.5) is 0 Å². The Morgan fingerprint density at radius 3 is 2.21 bits per heavy atom. The van der Waals surface area contributed by atoms with Crippen molar-refractivity contribution in [3.63, 3.8) is 0 Å². The fraction of sp³-hybridized carbons (Fsp3) is 0.600. The van der Waals surface area contributed by atoms with Gasteiger partial charge in [-0.1, -0.05) is 43.2 Å². The van der Waals surface area contributed by atoms with E-state index in [9.17, 15) is 0 Å². The van der Waals surface area contributed by atoms with E-state index in [1.54, 1.807) is 0 Å². The summed E-state index contributed by atoms with van der Waals surface area (Å²) in [6.07, 6.45) is 2.52. The Labute approximate surface area is 129 Å². The van der Waals surface area contributed by atoms with Crippen molar-refractivity contribution < 1.29 is 0 Å². The second-order valence-corrected chi connectivity index (χ2v) is 5.00. The molecule has 4 heteroatoms. The van der Waals surface area contributed by atoms with Crippen LogP contribution in [0.5, 0.6) is 0 Å². The smallest absolute Gasteiger partial charge is 0.0349 e. The number of benzene rings is 1.